The fraction of sp³-hybridized carbons (Fsp3) is 0.714. The second-order valence-electron chi connectivity index (χ2n) is 6.10. The highest BCUT2D eigenvalue weighted by molar-refractivity contribution is 7.88. The molecule has 1 unspecified atom stereocenters. The molecule has 2 heterocycles. The van der Waals surface area contributed by atoms with Crippen LogP contribution in [0.1, 0.15) is 37.3 Å². The van der Waals surface area contributed by atoms with Gasteiger partial charge in [0.05, 0.1) is 6.26 Å². The highest BCUT2D eigenvalue weighted by atomic mass is 32.2. The van der Waals surface area contributed by atoms with Crippen molar-refractivity contribution in [2.45, 2.75) is 37.6 Å². The summed E-state index contributed by atoms with van der Waals surface area (Å²) in [6.45, 7) is 1.62. The molecular formula is C14H22N4O2S. The minimum Gasteiger partial charge on any atom is -0.355 e. The number of aromatic nitrogens is 2. The molecule has 2 aliphatic rings. The van der Waals surface area contributed by atoms with Crippen LogP contribution in [0.15, 0.2) is 12.4 Å². The monoisotopic (exact) mass is 310 g/mol. The number of sulfonamides is 1. The lowest BCUT2D eigenvalue weighted by atomic mass is 10.1. The number of nitrogens with zero attached hydrogens (tertiary/aromatic N) is 4. The highest BCUT2D eigenvalue weighted by Crippen LogP contribution is 2.39. The first-order valence-corrected chi connectivity index (χ1v) is 9.30. The van der Waals surface area contributed by atoms with Gasteiger partial charge in [-0.3, -0.25) is 0 Å². The SMILES string of the molecule is CN(C1CCCN(c2cc(C3CC3)ncn2)C1)S(C)(=O)=O. The Balaban J connectivity index is 1.75. The Hall–Kier alpha value is -1.21. The van der Waals surface area contributed by atoms with E-state index in [0.29, 0.717) is 12.5 Å². The molecule has 1 aliphatic carbocycles. The molecule has 1 atom stereocenters. The predicted molar refractivity (Wildman–Crippen MR) is 81.8 cm³/mol. The Morgan fingerprint density at radius 2 is 2.05 bits per heavy atom. The molecule has 0 aromatic carbocycles. The first-order chi connectivity index (χ1) is 9.95. The van der Waals surface area contributed by atoms with Crippen LogP contribution < -0.4 is 4.90 Å². The van der Waals surface area contributed by atoms with Gasteiger partial charge in [-0.15, -0.1) is 0 Å². The zero-order valence-corrected chi connectivity index (χ0v) is 13.4. The maximum absolute atomic E-state index is 11.7. The summed E-state index contributed by atoms with van der Waals surface area (Å²) in [5, 5.41) is 0. The van der Waals surface area contributed by atoms with Crippen molar-refractivity contribution >= 4 is 15.8 Å². The zero-order chi connectivity index (χ0) is 15.0. The molecular weight excluding hydrogens is 288 g/mol. The molecule has 1 aliphatic heterocycles. The molecule has 6 nitrogen and oxygen atoms in total. The third-order valence-corrected chi connectivity index (χ3v) is 5.77. The Labute approximate surface area is 126 Å². The van der Waals surface area contributed by atoms with Crippen LogP contribution in [0.4, 0.5) is 5.82 Å². The Morgan fingerprint density at radius 3 is 2.71 bits per heavy atom. The van der Waals surface area contributed by atoms with E-state index in [1.54, 1.807) is 13.4 Å². The lowest BCUT2D eigenvalue weighted by molar-refractivity contribution is 0.321. The summed E-state index contributed by atoms with van der Waals surface area (Å²) in [6, 6.07) is 2.09. The van der Waals surface area contributed by atoms with Gasteiger partial charge in [-0.25, -0.2) is 22.7 Å². The standard InChI is InChI=1S/C14H22N4O2S/c1-17(21(2,19)20)12-4-3-7-18(9-12)14-8-13(11-5-6-11)15-10-16-14/h8,10-12H,3-7,9H2,1-2H3. The van der Waals surface area contributed by atoms with Crippen molar-refractivity contribution in [2.75, 3.05) is 31.3 Å². The van der Waals surface area contributed by atoms with E-state index in [4.69, 9.17) is 0 Å². The van der Waals surface area contributed by atoms with Gasteiger partial charge in [0.2, 0.25) is 10.0 Å². The lowest BCUT2D eigenvalue weighted by Crippen LogP contribution is -2.48. The van der Waals surface area contributed by atoms with E-state index in [1.165, 1.54) is 23.4 Å². The molecule has 0 radical (unpaired) electrons. The van der Waals surface area contributed by atoms with Crippen LogP contribution in [0, 0.1) is 0 Å². The van der Waals surface area contributed by atoms with Crippen molar-refractivity contribution in [3.63, 3.8) is 0 Å². The zero-order valence-electron chi connectivity index (χ0n) is 12.6. The molecule has 0 bridgehead atoms. The molecule has 0 spiro atoms. The topological polar surface area (TPSA) is 66.4 Å². The second-order valence-corrected chi connectivity index (χ2v) is 8.14. The van der Waals surface area contributed by atoms with E-state index in [2.05, 4.69) is 20.9 Å². The predicted octanol–water partition coefficient (Wildman–Crippen LogP) is 1.21. The normalized spacial score (nSPS) is 23.6. The van der Waals surface area contributed by atoms with Gasteiger partial charge in [0.1, 0.15) is 12.1 Å². The molecule has 1 aromatic rings. The van der Waals surface area contributed by atoms with Crippen LogP contribution >= 0.6 is 0 Å². The number of piperidine rings is 1. The summed E-state index contributed by atoms with van der Waals surface area (Å²) in [6.07, 6.45) is 7.22. The van der Waals surface area contributed by atoms with Crippen LogP contribution in [0.3, 0.4) is 0 Å². The molecule has 1 saturated heterocycles. The van der Waals surface area contributed by atoms with E-state index in [9.17, 15) is 8.42 Å². The van der Waals surface area contributed by atoms with Crippen LogP contribution in [-0.2, 0) is 10.0 Å². The molecule has 0 amide bonds. The van der Waals surface area contributed by atoms with E-state index < -0.39 is 10.0 Å². The van der Waals surface area contributed by atoms with E-state index >= 15 is 0 Å². The molecule has 7 heteroatoms. The quantitative estimate of drug-likeness (QED) is 0.836. The van der Waals surface area contributed by atoms with Crippen LogP contribution in [0.5, 0.6) is 0 Å². The highest BCUT2D eigenvalue weighted by Gasteiger charge is 2.30. The third kappa shape index (κ3) is 3.35. The smallest absolute Gasteiger partial charge is 0.211 e. The van der Waals surface area contributed by atoms with Gasteiger partial charge < -0.3 is 4.90 Å². The van der Waals surface area contributed by atoms with Gasteiger partial charge in [-0.2, -0.15) is 0 Å². The van der Waals surface area contributed by atoms with Crippen molar-refractivity contribution in [3.8, 4) is 0 Å². The van der Waals surface area contributed by atoms with E-state index in [1.807, 2.05) is 0 Å². The maximum atomic E-state index is 11.7. The first kappa shape index (κ1) is 14.7. The van der Waals surface area contributed by atoms with Gasteiger partial charge in [-0.1, -0.05) is 0 Å². The van der Waals surface area contributed by atoms with Crippen LogP contribution in [0.2, 0.25) is 0 Å². The van der Waals surface area contributed by atoms with Gasteiger partial charge in [-0.05, 0) is 25.7 Å². The molecule has 0 N–H and O–H groups in total. The summed E-state index contributed by atoms with van der Waals surface area (Å²) >= 11 is 0. The van der Waals surface area contributed by atoms with Gasteiger partial charge in [0.25, 0.3) is 0 Å². The van der Waals surface area contributed by atoms with Crippen molar-refractivity contribution in [3.05, 3.63) is 18.1 Å². The fourth-order valence-electron chi connectivity index (χ4n) is 2.87. The van der Waals surface area contributed by atoms with Crippen LogP contribution in [0.25, 0.3) is 0 Å². The second kappa shape index (κ2) is 5.53. The maximum Gasteiger partial charge on any atom is 0.211 e. The number of anilines is 1. The minimum atomic E-state index is -3.15. The summed E-state index contributed by atoms with van der Waals surface area (Å²) < 4.78 is 24.9. The van der Waals surface area contributed by atoms with Crippen molar-refractivity contribution < 1.29 is 8.42 Å². The van der Waals surface area contributed by atoms with E-state index in [0.717, 1.165) is 30.9 Å². The Kier molecular flexibility index (Phi) is 3.88. The van der Waals surface area contributed by atoms with Gasteiger partial charge >= 0.3 is 0 Å². The van der Waals surface area contributed by atoms with Crippen molar-refractivity contribution in [1.29, 1.82) is 0 Å². The molecule has 21 heavy (non-hydrogen) atoms. The number of rotatable bonds is 4. The van der Waals surface area contributed by atoms with Crippen molar-refractivity contribution in [2.24, 2.45) is 0 Å². The average molecular weight is 310 g/mol. The van der Waals surface area contributed by atoms with Gasteiger partial charge in [0, 0.05) is 43.9 Å². The fourth-order valence-corrected chi connectivity index (χ4v) is 3.58. The van der Waals surface area contributed by atoms with Gasteiger partial charge in [0.15, 0.2) is 0 Å². The Bertz CT molecular complexity index is 615. The summed E-state index contributed by atoms with van der Waals surface area (Å²) in [7, 11) is -1.48. The summed E-state index contributed by atoms with van der Waals surface area (Å²) in [5.74, 6) is 1.53. The molecule has 1 saturated carbocycles. The largest absolute Gasteiger partial charge is 0.355 e. The summed E-state index contributed by atoms with van der Waals surface area (Å²) in [4.78, 5) is 10.9. The molecule has 116 valence electrons. The third-order valence-electron chi connectivity index (χ3n) is 4.43. The number of hydrogen-bond donors (Lipinski definition) is 0. The summed E-state index contributed by atoms with van der Waals surface area (Å²) in [5.41, 5.74) is 1.12. The minimum absolute atomic E-state index is 0.0214. The lowest BCUT2D eigenvalue weighted by Gasteiger charge is -2.37. The first-order valence-electron chi connectivity index (χ1n) is 7.45. The van der Waals surface area contributed by atoms with E-state index in [-0.39, 0.29) is 6.04 Å². The molecule has 3 rings (SSSR count). The van der Waals surface area contributed by atoms with Crippen LogP contribution in [-0.4, -0.2) is 55.1 Å². The number of hydrogen-bond acceptors (Lipinski definition) is 5. The molecule has 1 aromatic heterocycles. The van der Waals surface area contributed by atoms with Crippen molar-refractivity contribution in [1.82, 2.24) is 14.3 Å². The Morgan fingerprint density at radius 1 is 1.29 bits per heavy atom. The average Bonchev–Trinajstić information content (AvgIpc) is 3.30. The number of likely N-dealkylation sites (N-methyl/N-ethyl adjacent to an activating group) is 1. The molecule has 2 fully saturated rings.